The molecule has 2 rings (SSSR count). The molecule has 0 spiro atoms. The molecule has 0 aromatic carbocycles. The van der Waals surface area contributed by atoms with Gasteiger partial charge in [0.1, 0.15) is 5.82 Å². The Morgan fingerprint density at radius 1 is 1.55 bits per heavy atom. The van der Waals surface area contributed by atoms with Crippen molar-refractivity contribution in [1.29, 1.82) is 0 Å². The van der Waals surface area contributed by atoms with E-state index in [1.165, 1.54) is 12.3 Å². The summed E-state index contributed by atoms with van der Waals surface area (Å²) in [5.41, 5.74) is -0.0627. The van der Waals surface area contributed by atoms with Gasteiger partial charge in [-0.2, -0.15) is 0 Å². The number of aryl methyl sites for hydroxylation is 1. The van der Waals surface area contributed by atoms with Gasteiger partial charge >= 0.3 is 5.97 Å². The van der Waals surface area contributed by atoms with Crippen molar-refractivity contribution in [2.45, 2.75) is 44.6 Å². The van der Waals surface area contributed by atoms with E-state index in [0.717, 1.165) is 25.7 Å². The third-order valence-corrected chi connectivity index (χ3v) is 3.71. The number of aliphatic carboxylic acids is 1. The summed E-state index contributed by atoms with van der Waals surface area (Å²) in [6.07, 6.45) is 4.81. The van der Waals surface area contributed by atoms with Gasteiger partial charge in [0.2, 0.25) is 0 Å². The van der Waals surface area contributed by atoms with Gasteiger partial charge in [0.05, 0.1) is 17.4 Å². The van der Waals surface area contributed by atoms with Gasteiger partial charge in [0.15, 0.2) is 0 Å². The Balaban J connectivity index is 2.25. The van der Waals surface area contributed by atoms with Crippen LogP contribution in [0.1, 0.15) is 37.7 Å². The molecule has 2 N–H and O–H groups in total. The van der Waals surface area contributed by atoms with Crippen molar-refractivity contribution in [2.24, 2.45) is 0 Å². The third kappa shape index (κ3) is 3.04. The number of carboxylic acids is 1. The molecule has 1 saturated carbocycles. The first-order chi connectivity index (χ1) is 9.42. The van der Waals surface area contributed by atoms with Gasteiger partial charge in [-0.05, 0) is 19.8 Å². The lowest BCUT2D eigenvalue weighted by molar-refractivity contribution is -0.385. The number of carbonyl (C=O) groups is 1. The minimum absolute atomic E-state index is 0.00362. The molecule has 1 aliphatic carbocycles. The van der Waals surface area contributed by atoms with E-state index in [4.69, 9.17) is 5.11 Å². The van der Waals surface area contributed by atoms with Crippen molar-refractivity contribution in [1.82, 2.24) is 4.98 Å². The fourth-order valence-corrected chi connectivity index (χ4v) is 2.74. The Bertz CT molecular complexity index is 538. The number of hydrogen-bond donors (Lipinski definition) is 2. The van der Waals surface area contributed by atoms with Gasteiger partial charge in [-0.15, -0.1) is 0 Å². The van der Waals surface area contributed by atoms with Crippen LogP contribution in [0.25, 0.3) is 0 Å². The van der Waals surface area contributed by atoms with Crippen LogP contribution < -0.4 is 5.32 Å². The van der Waals surface area contributed by atoms with Crippen molar-refractivity contribution >= 4 is 17.5 Å². The van der Waals surface area contributed by atoms with Crippen LogP contribution in [0.5, 0.6) is 0 Å². The Labute approximate surface area is 116 Å². The van der Waals surface area contributed by atoms with Gasteiger partial charge in [0, 0.05) is 17.3 Å². The molecule has 1 aromatic heterocycles. The Morgan fingerprint density at radius 2 is 2.20 bits per heavy atom. The number of nitro groups is 1. The maximum Gasteiger partial charge on any atom is 0.305 e. The number of carboxylic acid groups (broad SMARTS) is 1. The van der Waals surface area contributed by atoms with Gasteiger partial charge in [0.25, 0.3) is 5.69 Å². The average molecular weight is 279 g/mol. The summed E-state index contributed by atoms with van der Waals surface area (Å²) in [6.45, 7) is 1.62. The summed E-state index contributed by atoms with van der Waals surface area (Å²) in [5, 5.41) is 23.1. The number of pyridine rings is 1. The molecule has 7 heteroatoms. The Kier molecular flexibility index (Phi) is 3.87. The van der Waals surface area contributed by atoms with Crippen LogP contribution >= 0.6 is 0 Å². The molecule has 20 heavy (non-hydrogen) atoms. The fourth-order valence-electron chi connectivity index (χ4n) is 2.74. The van der Waals surface area contributed by atoms with Crippen LogP contribution in [0, 0.1) is 17.0 Å². The van der Waals surface area contributed by atoms with Crippen LogP contribution in [0.4, 0.5) is 11.5 Å². The van der Waals surface area contributed by atoms with E-state index in [1.807, 2.05) is 0 Å². The average Bonchev–Trinajstić information content (AvgIpc) is 2.78. The van der Waals surface area contributed by atoms with Crippen molar-refractivity contribution in [3.63, 3.8) is 0 Å². The number of nitrogens with one attached hydrogen (secondary N) is 1. The summed E-state index contributed by atoms with van der Waals surface area (Å²) >= 11 is 0. The zero-order valence-electron chi connectivity index (χ0n) is 11.3. The van der Waals surface area contributed by atoms with Crippen molar-refractivity contribution in [3.8, 4) is 0 Å². The summed E-state index contributed by atoms with van der Waals surface area (Å²) in [5.74, 6) is -0.508. The van der Waals surface area contributed by atoms with Crippen LogP contribution in [0.3, 0.4) is 0 Å². The Morgan fingerprint density at radius 3 is 2.75 bits per heavy atom. The zero-order valence-corrected chi connectivity index (χ0v) is 11.3. The first kappa shape index (κ1) is 14.2. The number of aromatic nitrogens is 1. The molecule has 0 aliphatic heterocycles. The molecule has 0 radical (unpaired) electrons. The second-order valence-electron chi connectivity index (χ2n) is 5.30. The normalized spacial score (nSPS) is 16.9. The largest absolute Gasteiger partial charge is 0.481 e. The van der Waals surface area contributed by atoms with Gasteiger partial charge in [-0.1, -0.05) is 12.8 Å². The van der Waals surface area contributed by atoms with Crippen LogP contribution in [0.2, 0.25) is 0 Å². The molecular weight excluding hydrogens is 262 g/mol. The van der Waals surface area contributed by atoms with E-state index >= 15 is 0 Å². The first-order valence-electron chi connectivity index (χ1n) is 6.53. The summed E-state index contributed by atoms with van der Waals surface area (Å²) in [6, 6.07) is 1.37. The quantitative estimate of drug-likeness (QED) is 0.633. The lowest BCUT2D eigenvalue weighted by Gasteiger charge is -2.29. The van der Waals surface area contributed by atoms with Gasteiger partial charge < -0.3 is 10.4 Å². The predicted molar refractivity (Wildman–Crippen MR) is 72.7 cm³/mol. The van der Waals surface area contributed by atoms with Crippen LogP contribution in [0.15, 0.2) is 12.3 Å². The van der Waals surface area contributed by atoms with E-state index in [0.29, 0.717) is 11.4 Å². The van der Waals surface area contributed by atoms with E-state index in [-0.39, 0.29) is 12.1 Å². The molecule has 1 heterocycles. The number of anilines is 1. The second kappa shape index (κ2) is 5.44. The molecule has 0 atom stereocenters. The Hall–Kier alpha value is -2.18. The highest BCUT2D eigenvalue weighted by molar-refractivity contribution is 5.69. The van der Waals surface area contributed by atoms with Crippen molar-refractivity contribution in [2.75, 3.05) is 5.32 Å². The molecule has 1 aromatic rings. The number of nitrogens with zero attached hydrogens (tertiary/aromatic N) is 2. The third-order valence-electron chi connectivity index (χ3n) is 3.71. The highest BCUT2D eigenvalue weighted by Gasteiger charge is 2.36. The zero-order chi connectivity index (χ0) is 14.8. The molecule has 1 aliphatic rings. The molecule has 1 fully saturated rings. The summed E-state index contributed by atoms with van der Waals surface area (Å²) < 4.78 is 0. The van der Waals surface area contributed by atoms with Crippen molar-refractivity contribution < 1.29 is 14.8 Å². The molecule has 108 valence electrons. The minimum atomic E-state index is -0.874. The molecule has 0 bridgehead atoms. The standard InChI is InChI=1S/C13H17N3O4/c1-9-8-14-11(6-10(9)16(19)20)15-13(7-12(17)18)4-2-3-5-13/h6,8H,2-5,7H2,1H3,(H,14,15)(H,17,18). The minimum Gasteiger partial charge on any atom is -0.481 e. The molecule has 7 nitrogen and oxygen atoms in total. The highest BCUT2D eigenvalue weighted by atomic mass is 16.6. The summed E-state index contributed by atoms with van der Waals surface area (Å²) in [7, 11) is 0. The van der Waals surface area contributed by atoms with Gasteiger partial charge in [-0.25, -0.2) is 4.98 Å². The highest BCUT2D eigenvalue weighted by Crippen LogP contribution is 2.36. The number of hydrogen-bond acceptors (Lipinski definition) is 5. The second-order valence-corrected chi connectivity index (χ2v) is 5.30. The lowest BCUT2D eigenvalue weighted by Crippen LogP contribution is -2.37. The smallest absolute Gasteiger partial charge is 0.305 e. The van der Waals surface area contributed by atoms with Crippen molar-refractivity contribution in [3.05, 3.63) is 27.9 Å². The summed E-state index contributed by atoms with van der Waals surface area (Å²) in [4.78, 5) is 25.6. The van der Waals surface area contributed by atoms with Crippen LogP contribution in [-0.2, 0) is 4.79 Å². The maximum absolute atomic E-state index is 11.0. The van der Waals surface area contributed by atoms with E-state index in [2.05, 4.69) is 10.3 Å². The monoisotopic (exact) mass is 279 g/mol. The number of rotatable bonds is 5. The fraction of sp³-hybridized carbons (Fsp3) is 0.538. The first-order valence-corrected chi connectivity index (χ1v) is 6.53. The van der Waals surface area contributed by atoms with E-state index < -0.39 is 16.4 Å². The van der Waals surface area contributed by atoms with Gasteiger partial charge in [-0.3, -0.25) is 14.9 Å². The molecule has 0 unspecified atom stereocenters. The maximum atomic E-state index is 11.0. The molecular formula is C13H17N3O4. The predicted octanol–water partition coefficient (Wildman–Crippen LogP) is 2.50. The lowest BCUT2D eigenvalue weighted by atomic mass is 9.93. The van der Waals surface area contributed by atoms with E-state index in [9.17, 15) is 14.9 Å². The SMILES string of the molecule is Cc1cnc(NC2(CC(=O)O)CCCC2)cc1[N+](=O)[O-]. The van der Waals surface area contributed by atoms with E-state index in [1.54, 1.807) is 6.92 Å². The molecule has 0 amide bonds. The topological polar surface area (TPSA) is 105 Å². The molecule has 0 saturated heterocycles. The van der Waals surface area contributed by atoms with Crippen LogP contribution in [-0.4, -0.2) is 26.5 Å².